The van der Waals surface area contributed by atoms with Gasteiger partial charge in [-0.25, -0.2) is 4.39 Å². The monoisotopic (exact) mass is 344 g/mol. The van der Waals surface area contributed by atoms with Crippen molar-refractivity contribution in [2.24, 2.45) is 5.41 Å². The molecule has 2 atom stereocenters. The minimum atomic E-state index is -0.866. The molecule has 3 rings (SSSR count). The molecule has 0 N–H and O–H groups in total. The smallest absolute Gasteiger partial charge is 0.200 e. The lowest BCUT2D eigenvalue weighted by Gasteiger charge is -2.53. The Kier molecular flexibility index (Phi) is 4.02. The summed E-state index contributed by atoms with van der Waals surface area (Å²) in [6, 6.07) is 4.14. The summed E-state index contributed by atoms with van der Waals surface area (Å²) in [6.45, 7) is 0. The van der Waals surface area contributed by atoms with Gasteiger partial charge in [-0.15, -0.1) is 0 Å². The van der Waals surface area contributed by atoms with Gasteiger partial charge in [0.25, 0.3) is 0 Å². The Balaban J connectivity index is 1.78. The average Bonchev–Trinajstić information content (AvgIpc) is 2.71. The van der Waals surface area contributed by atoms with E-state index in [1.54, 1.807) is 0 Å². The molecule has 0 radical (unpaired) electrons. The zero-order valence-electron chi connectivity index (χ0n) is 11.4. The van der Waals surface area contributed by atoms with Crippen LogP contribution < -0.4 is 4.74 Å². The van der Waals surface area contributed by atoms with Gasteiger partial charge < -0.3 is 4.74 Å². The summed E-state index contributed by atoms with van der Waals surface area (Å²) < 4.78 is 32.8. The second-order valence-electron chi connectivity index (χ2n) is 6.01. The van der Waals surface area contributed by atoms with Crippen LogP contribution in [0.5, 0.6) is 5.75 Å². The van der Waals surface area contributed by atoms with Crippen LogP contribution >= 0.6 is 15.9 Å². The molecule has 2 aliphatic carbocycles. The SMILES string of the molecule is Fc1cccc(OC2CC(Br)C23CCCCCC3)c1F. The molecule has 1 aromatic rings. The third-order valence-electron chi connectivity index (χ3n) is 4.91. The Labute approximate surface area is 126 Å². The molecule has 110 valence electrons. The van der Waals surface area contributed by atoms with Gasteiger partial charge in [0.05, 0.1) is 0 Å². The summed E-state index contributed by atoms with van der Waals surface area (Å²) in [7, 11) is 0. The maximum Gasteiger partial charge on any atom is 0.200 e. The highest BCUT2D eigenvalue weighted by atomic mass is 79.9. The first kappa shape index (κ1) is 14.3. The number of hydrogen-bond acceptors (Lipinski definition) is 1. The van der Waals surface area contributed by atoms with Crippen LogP contribution in [-0.2, 0) is 0 Å². The van der Waals surface area contributed by atoms with Crippen molar-refractivity contribution in [1.29, 1.82) is 0 Å². The summed E-state index contributed by atoms with van der Waals surface area (Å²) in [5.41, 5.74) is 0.106. The molecule has 1 aromatic carbocycles. The third kappa shape index (κ3) is 2.36. The predicted molar refractivity (Wildman–Crippen MR) is 78.2 cm³/mol. The van der Waals surface area contributed by atoms with Crippen molar-refractivity contribution in [1.82, 2.24) is 0 Å². The molecule has 2 saturated carbocycles. The van der Waals surface area contributed by atoms with E-state index >= 15 is 0 Å². The van der Waals surface area contributed by atoms with Crippen LogP contribution in [0.2, 0.25) is 0 Å². The van der Waals surface area contributed by atoms with E-state index < -0.39 is 11.6 Å². The van der Waals surface area contributed by atoms with Crippen LogP contribution in [0.4, 0.5) is 8.78 Å². The van der Waals surface area contributed by atoms with Gasteiger partial charge in [-0.3, -0.25) is 0 Å². The molecule has 20 heavy (non-hydrogen) atoms. The molecule has 4 heteroatoms. The van der Waals surface area contributed by atoms with Crippen LogP contribution in [0.15, 0.2) is 18.2 Å². The maximum absolute atomic E-state index is 13.7. The molecule has 0 heterocycles. The van der Waals surface area contributed by atoms with Crippen molar-refractivity contribution in [3.05, 3.63) is 29.8 Å². The van der Waals surface area contributed by atoms with E-state index in [2.05, 4.69) is 15.9 Å². The van der Waals surface area contributed by atoms with E-state index in [-0.39, 0.29) is 17.3 Å². The Morgan fingerprint density at radius 2 is 1.80 bits per heavy atom. The number of benzene rings is 1. The first-order valence-corrected chi connectivity index (χ1v) is 8.30. The van der Waals surface area contributed by atoms with Crippen molar-refractivity contribution in [3.8, 4) is 5.75 Å². The molecule has 2 aliphatic rings. The molecule has 0 aliphatic heterocycles. The molecule has 2 unspecified atom stereocenters. The summed E-state index contributed by atoms with van der Waals surface area (Å²) in [5, 5.41) is 0. The fourth-order valence-electron chi connectivity index (χ4n) is 3.61. The lowest BCUT2D eigenvalue weighted by atomic mass is 9.61. The normalized spacial score (nSPS) is 28.8. The van der Waals surface area contributed by atoms with E-state index in [1.165, 1.54) is 37.8 Å². The predicted octanol–water partition coefficient (Wildman–Crippen LogP) is 5.22. The number of rotatable bonds is 2. The topological polar surface area (TPSA) is 9.23 Å². The van der Waals surface area contributed by atoms with E-state index in [1.807, 2.05) is 0 Å². The lowest BCUT2D eigenvalue weighted by molar-refractivity contribution is -0.0482. The van der Waals surface area contributed by atoms with Crippen molar-refractivity contribution in [2.75, 3.05) is 0 Å². The van der Waals surface area contributed by atoms with E-state index in [0.717, 1.165) is 25.3 Å². The molecule has 1 nitrogen and oxygen atoms in total. The van der Waals surface area contributed by atoms with Gasteiger partial charge in [0.1, 0.15) is 6.10 Å². The number of alkyl halides is 1. The fraction of sp³-hybridized carbons (Fsp3) is 0.625. The van der Waals surface area contributed by atoms with Gasteiger partial charge in [0.2, 0.25) is 5.82 Å². The molecular weight excluding hydrogens is 326 g/mol. The molecule has 0 amide bonds. The van der Waals surface area contributed by atoms with Crippen LogP contribution in [0, 0.1) is 17.0 Å². The second-order valence-corrected chi connectivity index (χ2v) is 7.11. The van der Waals surface area contributed by atoms with E-state index in [0.29, 0.717) is 4.83 Å². The lowest BCUT2D eigenvalue weighted by Crippen LogP contribution is -2.56. The number of ether oxygens (including phenoxy) is 1. The van der Waals surface area contributed by atoms with Gasteiger partial charge in [0.15, 0.2) is 11.6 Å². The molecule has 1 spiro atoms. The summed E-state index contributed by atoms with van der Waals surface area (Å²) in [4.78, 5) is 0.440. The van der Waals surface area contributed by atoms with Crippen LogP contribution in [0.25, 0.3) is 0 Å². The first-order valence-electron chi connectivity index (χ1n) is 7.38. The zero-order valence-corrected chi connectivity index (χ0v) is 13.0. The Morgan fingerprint density at radius 1 is 1.10 bits per heavy atom. The van der Waals surface area contributed by atoms with Crippen molar-refractivity contribution >= 4 is 15.9 Å². The number of hydrogen-bond donors (Lipinski definition) is 0. The maximum atomic E-state index is 13.7. The molecular formula is C16H19BrF2O. The first-order chi connectivity index (χ1) is 9.63. The second kappa shape index (κ2) is 5.63. The van der Waals surface area contributed by atoms with Gasteiger partial charge in [-0.05, 0) is 31.4 Å². The van der Waals surface area contributed by atoms with Crippen molar-refractivity contribution in [2.45, 2.75) is 55.9 Å². The fourth-order valence-corrected chi connectivity index (χ4v) is 4.71. The van der Waals surface area contributed by atoms with Crippen molar-refractivity contribution < 1.29 is 13.5 Å². The van der Waals surface area contributed by atoms with E-state index in [4.69, 9.17) is 4.74 Å². The zero-order chi connectivity index (χ0) is 14.2. The van der Waals surface area contributed by atoms with E-state index in [9.17, 15) is 8.78 Å². The quantitative estimate of drug-likeness (QED) is 0.668. The molecule has 0 bridgehead atoms. The Hall–Kier alpha value is -0.640. The molecule has 0 aromatic heterocycles. The van der Waals surface area contributed by atoms with Gasteiger partial charge in [-0.1, -0.05) is 47.7 Å². The van der Waals surface area contributed by atoms with Crippen molar-refractivity contribution in [3.63, 3.8) is 0 Å². The van der Waals surface area contributed by atoms with Gasteiger partial charge in [0, 0.05) is 10.2 Å². The average molecular weight is 345 g/mol. The third-order valence-corrected chi connectivity index (χ3v) is 6.19. The number of halogens is 3. The standard InChI is InChI=1S/C16H19BrF2O/c17-13-10-14(16(13)8-3-1-2-4-9-16)20-12-7-5-6-11(18)15(12)19/h5-7,13-14H,1-4,8-10H2. The highest BCUT2D eigenvalue weighted by Crippen LogP contribution is 2.55. The highest BCUT2D eigenvalue weighted by molar-refractivity contribution is 9.09. The largest absolute Gasteiger partial charge is 0.487 e. The summed E-state index contributed by atoms with van der Waals surface area (Å²) in [6.07, 6.45) is 8.04. The molecule has 2 fully saturated rings. The molecule has 0 saturated heterocycles. The minimum Gasteiger partial charge on any atom is -0.487 e. The Bertz CT molecular complexity index is 483. The van der Waals surface area contributed by atoms with Crippen LogP contribution in [0.1, 0.15) is 44.9 Å². The minimum absolute atomic E-state index is 0.00118. The van der Waals surface area contributed by atoms with Gasteiger partial charge in [-0.2, -0.15) is 4.39 Å². The van der Waals surface area contributed by atoms with Crippen LogP contribution in [-0.4, -0.2) is 10.9 Å². The van der Waals surface area contributed by atoms with Gasteiger partial charge >= 0.3 is 0 Å². The summed E-state index contributed by atoms with van der Waals surface area (Å²) >= 11 is 3.75. The van der Waals surface area contributed by atoms with Crippen LogP contribution in [0.3, 0.4) is 0 Å². The highest BCUT2D eigenvalue weighted by Gasteiger charge is 2.55. The summed E-state index contributed by atoms with van der Waals surface area (Å²) in [5.74, 6) is -1.65. The Morgan fingerprint density at radius 3 is 2.45 bits per heavy atom.